The molecular formula is C27H30N2O4. The number of piperidine rings is 1. The van der Waals surface area contributed by atoms with Gasteiger partial charge in [0, 0.05) is 56.8 Å². The number of ether oxygens (including phenoxy) is 3. The summed E-state index contributed by atoms with van der Waals surface area (Å²) in [7, 11) is 1.71. The van der Waals surface area contributed by atoms with Gasteiger partial charge in [-0.25, -0.2) is 0 Å². The molecule has 0 radical (unpaired) electrons. The molecule has 0 unspecified atom stereocenters. The van der Waals surface area contributed by atoms with Crippen LogP contribution >= 0.6 is 0 Å². The van der Waals surface area contributed by atoms with Crippen molar-refractivity contribution in [1.82, 2.24) is 9.88 Å². The number of carbonyl (C=O) groups excluding carboxylic acids is 1. The van der Waals surface area contributed by atoms with E-state index in [0.29, 0.717) is 13.2 Å². The van der Waals surface area contributed by atoms with Gasteiger partial charge < -0.3 is 19.1 Å². The average molecular weight is 447 g/mol. The van der Waals surface area contributed by atoms with Gasteiger partial charge >= 0.3 is 0 Å². The van der Waals surface area contributed by atoms with Gasteiger partial charge in [-0.1, -0.05) is 24.3 Å². The molecular weight excluding hydrogens is 416 g/mol. The van der Waals surface area contributed by atoms with Crippen LogP contribution in [0.15, 0.2) is 54.7 Å². The van der Waals surface area contributed by atoms with Crippen molar-refractivity contribution >= 4 is 16.8 Å². The molecule has 3 heterocycles. The van der Waals surface area contributed by atoms with Crippen LogP contribution in [-0.2, 0) is 20.9 Å². The number of aromatic nitrogens is 1. The molecule has 0 aliphatic carbocycles. The van der Waals surface area contributed by atoms with Crippen LogP contribution in [0.2, 0.25) is 0 Å². The summed E-state index contributed by atoms with van der Waals surface area (Å²) >= 11 is 0. The number of likely N-dealkylation sites (tertiary alicyclic amines) is 1. The van der Waals surface area contributed by atoms with Crippen molar-refractivity contribution in [2.45, 2.75) is 44.5 Å². The Morgan fingerprint density at radius 1 is 1.09 bits per heavy atom. The number of carbonyl (C=O) groups is 1. The Balaban J connectivity index is 1.21. The average Bonchev–Trinajstić information content (AvgIpc) is 3.40. The van der Waals surface area contributed by atoms with E-state index in [1.54, 1.807) is 7.11 Å². The van der Waals surface area contributed by atoms with Gasteiger partial charge in [0.25, 0.3) is 5.91 Å². The molecule has 0 bridgehead atoms. The number of hydrogen-bond acceptors (Lipinski definition) is 5. The molecule has 0 saturated carbocycles. The predicted octanol–water partition coefficient (Wildman–Crippen LogP) is 4.60. The van der Waals surface area contributed by atoms with Crippen LogP contribution in [0.4, 0.5) is 0 Å². The molecule has 6 heteroatoms. The number of pyridine rings is 1. The lowest BCUT2D eigenvalue weighted by atomic mass is 10.0. The molecule has 1 amide bonds. The van der Waals surface area contributed by atoms with Crippen LogP contribution in [0.1, 0.15) is 31.2 Å². The van der Waals surface area contributed by atoms with E-state index in [0.717, 1.165) is 72.1 Å². The van der Waals surface area contributed by atoms with Crippen LogP contribution < -0.4 is 4.74 Å². The largest absolute Gasteiger partial charge is 0.490 e. The highest BCUT2D eigenvalue weighted by Gasteiger charge is 2.31. The lowest BCUT2D eigenvalue weighted by Gasteiger charge is -2.33. The second-order valence-corrected chi connectivity index (χ2v) is 8.81. The van der Waals surface area contributed by atoms with Crippen molar-refractivity contribution in [2.24, 2.45) is 0 Å². The van der Waals surface area contributed by atoms with Gasteiger partial charge in [-0.15, -0.1) is 0 Å². The van der Waals surface area contributed by atoms with Crippen molar-refractivity contribution in [2.75, 3.05) is 26.8 Å². The Morgan fingerprint density at radius 3 is 2.64 bits per heavy atom. The summed E-state index contributed by atoms with van der Waals surface area (Å²) in [5.41, 5.74) is 4.27. The summed E-state index contributed by atoms with van der Waals surface area (Å²) in [5, 5.41) is 1.11. The highest BCUT2D eigenvalue weighted by Crippen LogP contribution is 2.28. The molecule has 6 nitrogen and oxygen atoms in total. The normalized spacial score (nSPS) is 19.2. The van der Waals surface area contributed by atoms with E-state index in [9.17, 15) is 4.79 Å². The molecule has 33 heavy (non-hydrogen) atoms. The van der Waals surface area contributed by atoms with E-state index >= 15 is 0 Å². The molecule has 0 N–H and O–H groups in total. The van der Waals surface area contributed by atoms with Gasteiger partial charge in [0.1, 0.15) is 18.0 Å². The maximum atomic E-state index is 12.5. The number of fused-ring (bicyclic) bond motifs is 1. The van der Waals surface area contributed by atoms with E-state index in [-0.39, 0.29) is 18.1 Å². The number of nitrogens with zero attached hydrogens (tertiary/aromatic N) is 2. The second-order valence-electron chi connectivity index (χ2n) is 8.81. The first-order valence-corrected chi connectivity index (χ1v) is 11.8. The number of benzene rings is 2. The van der Waals surface area contributed by atoms with Gasteiger partial charge in [0.15, 0.2) is 0 Å². The van der Waals surface area contributed by atoms with Crippen LogP contribution in [0.5, 0.6) is 5.75 Å². The van der Waals surface area contributed by atoms with Crippen molar-refractivity contribution < 1.29 is 19.0 Å². The fourth-order valence-electron chi connectivity index (χ4n) is 4.74. The summed E-state index contributed by atoms with van der Waals surface area (Å²) in [6.07, 6.45) is 5.33. The summed E-state index contributed by atoms with van der Waals surface area (Å²) in [4.78, 5) is 19.1. The molecule has 0 spiro atoms. The van der Waals surface area contributed by atoms with Crippen molar-refractivity contribution in [3.63, 3.8) is 0 Å². The third-order valence-corrected chi connectivity index (χ3v) is 6.56. The van der Waals surface area contributed by atoms with E-state index in [4.69, 9.17) is 14.2 Å². The van der Waals surface area contributed by atoms with E-state index in [1.165, 1.54) is 0 Å². The Labute approximate surface area is 194 Å². The third kappa shape index (κ3) is 4.87. The fourth-order valence-corrected chi connectivity index (χ4v) is 4.74. The molecule has 2 aromatic carbocycles. The molecule has 5 rings (SSSR count). The number of amides is 1. The molecule has 1 aromatic heterocycles. The molecule has 2 saturated heterocycles. The minimum Gasteiger partial charge on any atom is -0.490 e. The monoisotopic (exact) mass is 446 g/mol. The zero-order chi connectivity index (χ0) is 22.6. The summed E-state index contributed by atoms with van der Waals surface area (Å²) in [6, 6.07) is 16.5. The van der Waals surface area contributed by atoms with Crippen molar-refractivity contribution in [3.8, 4) is 16.9 Å². The topological polar surface area (TPSA) is 60.9 Å². The standard InChI is InChI=1S/C27H30N2O4/c1-31-18-20-4-2-5-25-24(20)16-21(17-28-25)19-7-9-22(10-8-19)33-23-11-13-29(14-12-23)27(30)26-6-3-15-32-26/h2,4-5,7-10,16-17,23,26H,3,6,11-15,18H2,1H3/t26-/m1/s1. The molecule has 172 valence electrons. The third-order valence-electron chi connectivity index (χ3n) is 6.56. The Morgan fingerprint density at radius 2 is 1.91 bits per heavy atom. The molecule has 1 atom stereocenters. The molecule has 2 aliphatic rings. The quantitative estimate of drug-likeness (QED) is 0.554. The van der Waals surface area contributed by atoms with Gasteiger partial charge in [0.2, 0.25) is 0 Å². The van der Waals surface area contributed by atoms with Crippen LogP contribution in [0.25, 0.3) is 22.0 Å². The lowest BCUT2D eigenvalue weighted by Crippen LogP contribution is -2.45. The first-order chi connectivity index (χ1) is 16.2. The van der Waals surface area contributed by atoms with Crippen LogP contribution in [-0.4, -0.2) is 54.8 Å². The Kier molecular flexibility index (Phi) is 6.55. The van der Waals surface area contributed by atoms with Crippen LogP contribution in [0, 0.1) is 0 Å². The Hall–Kier alpha value is -2.96. The van der Waals surface area contributed by atoms with Gasteiger partial charge in [-0.05, 0) is 48.2 Å². The van der Waals surface area contributed by atoms with E-state index < -0.39 is 0 Å². The predicted molar refractivity (Wildman–Crippen MR) is 127 cm³/mol. The summed E-state index contributed by atoms with van der Waals surface area (Å²) < 4.78 is 17.1. The van der Waals surface area contributed by atoms with Crippen molar-refractivity contribution in [1.29, 1.82) is 0 Å². The molecule has 3 aromatic rings. The lowest BCUT2D eigenvalue weighted by molar-refractivity contribution is -0.142. The SMILES string of the molecule is COCc1cccc2ncc(-c3ccc(OC4CCN(C(=O)[C@H]5CCCO5)CC4)cc3)cc12. The fraction of sp³-hybridized carbons (Fsp3) is 0.407. The van der Waals surface area contributed by atoms with E-state index in [2.05, 4.69) is 29.2 Å². The zero-order valence-corrected chi connectivity index (χ0v) is 19.0. The van der Waals surface area contributed by atoms with Gasteiger partial charge in [-0.2, -0.15) is 0 Å². The minimum atomic E-state index is -0.231. The van der Waals surface area contributed by atoms with Gasteiger partial charge in [-0.3, -0.25) is 9.78 Å². The zero-order valence-electron chi connectivity index (χ0n) is 19.0. The smallest absolute Gasteiger partial charge is 0.251 e. The number of hydrogen-bond donors (Lipinski definition) is 0. The summed E-state index contributed by atoms with van der Waals surface area (Å²) in [6.45, 7) is 2.73. The first-order valence-electron chi connectivity index (χ1n) is 11.8. The first kappa shape index (κ1) is 21.9. The number of methoxy groups -OCH3 is 1. The highest BCUT2D eigenvalue weighted by molar-refractivity contribution is 5.86. The number of rotatable bonds is 6. The molecule has 2 aliphatic heterocycles. The maximum Gasteiger partial charge on any atom is 0.251 e. The maximum absolute atomic E-state index is 12.5. The molecule has 2 fully saturated rings. The minimum absolute atomic E-state index is 0.128. The van der Waals surface area contributed by atoms with Gasteiger partial charge in [0.05, 0.1) is 12.1 Å². The van der Waals surface area contributed by atoms with Crippen LogP contribution in [0.3, 0.4) is 0 Å². The van der Waals surface area contributed by atoms with E-state index in [1.807, 2.05) is 35.4 Å². The highest BCUT2D eigenvalue weighted by atomic mass is 16.5. The second kappa shape index (κ2) is 9.89. The summed E-state index contributed by atoms with van der Waals surface area (Å²) in [5.74, 6) is 1.00. The Bertz CT molecular complexity index is 1100. The van der Waals surface area contributed by atoms with Crippen molar-refractivity contribution in [3.05, 3.63) is 60.3 Å².